The van der Waals surface area contributed by atoms with Gasteiger partial charge in [0.25, 0.3) is 11.8 Å². The number of carbonyl (C=O) groups is 2. The molecule has 1 fully saturated rings. The zero-order chi connectivity index (χ0) is 25.0. The van der Waals surface area contributed by atoms with Crippen molar-refractivity contribution in [3.8, 4) is 0 Å². The van der Waals surface area contributed by atoms with Crippen LogP contribution in [0.15, 0.2) is 36.5 Å². The van der Waals surface area contributed by atoms with Crippen LogP contribution in [0, 0.1) is 5.41 Å². The molecule has 36 heavy (non-hydrogen) atoms. The third-order valence-corrected chi connectivity index (χ3v) is 7.96. The van der Waals surface area contributed by atoms with Gasteiger partial charge in [-0.25, -0.2) is 14.6 Å². The number of hydrogen-bond acceptors (Lipinski definition) is 8. The number of fused-ring (bicyclic) bond motifs is 2. The van der Waals surface area contributed by atoms with Crippen LogP contribution in [-0.2, 0) is 13.0 Å². The number of nitrogens with two attached hydrogens (primary N) is 3. The third kappa shape index (κ3) is 3.41. The van der Waals surface area contributed by atoms with Gasteiger partial charge in [-0.05, 0) is 42.2 Å². The summed E-state index contributed by atoms with van der Waals surface area (Å²) < 4.78 is 1.75. The normalized spacial score (nSPS) is 20.3. The van der Waals surface area contributed by atoms with E-state index in [-0.39, 0.29) is 28.7 Å². The van der Waals surface area contributed by atoms with E-state index in [1.54, 1.807) is 21.8 Å². The number of carbonyl (C=O) groups excluding carboxylic acids is 2. The molecule has 1 saturated heterocycles. The minimum atomic E-state index is -0.750. The van der Waals surface area contributed by atoms with Crippen LogP contribution in [0.5, 0.6) is 0 Å². The number of benzene rings is 1. The SMILES string of the molecule is NC(=O)c1nc(C(=O)N2CCCn3nccc32)c(N)nc1N1CCC2(CC1)Cc1ccccc1C2N. The molecule has 11 nitrogen and oxygen atoms in total. The molecule has 1 aliphatic carbocycles. The number of anilines is 3. The predicted octanol–water partition coefficient (Wildman–Crippen LogP) is 1.25. The summed E-state index contributed by atoms with van der Waals surface area (Å²) in [5, 5.41) is 4.24. The van der Waals surface area contributed by atoms with E-state index in [1.807, 2.05) is 11.0 Å². The Balaban J connectivity index is 1.27. The van der Waals surface area contributed by atoms with Crippen LogP contribution in [-0.4, -0.2) is 51.2 Å². The number of nitrogen functional groups attached to an aromatic ring is 1. The van der Waals surface area contributed by atoms with Gasteiger partial charge in [-0.3, -0.25) is 14.5 Å². The molecule has 2 amide bonds. The number of aromatic nitrogens is 4. The van der Waals surface area contributed by atoms with Gasteiger partial charge >= 0.3 is 0 Å². The first-order chi connectivity index (χ1) is 17.4. The highest BCUT2D eigenvalue weighted by Crippen LogP contribution is 2.51. The summed E-state index contributed by atoms with van der Waals surface area (Å²) in [6, 6.07) is 10.1. The maximum atomic E-state index is 13.4. The van der Waals surface area contributed by atoms with E-state index in [0.29, 0.717) is 31.3 Å². The molecule has 3 aliphatic rings. The standard InChI is InChI=1S/C25H29N9O2/c26-20-16-5-2-1-4-15(16)14-25(20)7-12-32(13-8-25)23-19(22(28)35)30-18(21(27)31-23)24(36)33-10-3-11-34-17(33)6-9-29-34/h1-2,4-6,9,20H,3,7-8,10-14,26H2,(H2,27,31)(H2,28,35). The van der Waals surface area contributed by atoms with Gasteiger partial charge in [0.2, 0.25) is 0 Å². The number of piperidine rings is 1. The highest BCUT2D eigenvalue weighted by atomic mass is 16.2. The van der Waals surface area contributed by atoms with Gasteiger partial charge in [-0.1, -0.05) is 24.3 Å². The highest BCUT2D eigenvalue weighted by molar-refractivity contribution is 6.08. The van der Waals surface area contributed by atoms with Crippen molar-refractivity contribution in [2.24, 2.45) is 16.9 Å². The number of primary amides is 1. The highest BCUT2D eigenvalue weighted by Gasteiger charge is 2.46. The van der Waals surface area contributed by atoms with Gasteiger partial charge in [-0.2, -0.15) is 5.10 Å². The summed E-state index contributed by atoms with van der Waals surface area (Å²) in [5.74, 6) is -0.225. The molecule has 2 aromatic heterocycles. The van der Waals surface area contributed by atoms with Crippen molar-refractivity contribution in [2.45, 2.75) is 38.3 Å². The summed E-state index contributed by atoms with van der Waals surface area (Å²) in [5.41, 5.74) is 21.0. The van der Waals surface area contributed by atoms with E-state index in [1.165, 1.54) is 11.1 Å². The Hall–Kier alpha value is -3.99. The Morgan fingerprint density at radius 1 is 1.00 bits per heavy atom. The fourth-order valence-corrected chi connectivity index (χ4v) is 6.01. The quantitative estimate of drug-likeness (QED) is 0.497. The second-order valence-corrected chi connectivity index (χ2v) is 9.92. The smallest absolute Gasteiger partial charge is 0.281 e. The topological polar surface area (TPSA) is 162 Å². The van der Waals surface area contributed by atoms with Crippen molar-refractivity contribution >= 4 is 29.3 Å². The van der Waals surface area contributed by atoms with Crippen molar-refractivity contribution < 1.29 is 9.59 Å². The van der Waals surface area contributed by atoms with E-state index in [4.69, 9.17) is 17.2 Å². The summed E-state index contributed by atoms with van der Waals surface area (Å²) >= 11 is 0. The summed E-state index contributed by atoms with van der Waals surface area (Å²) in [6.45, 7) is 2.49. The van der Waals surface area contributed by atoms with E-state index in [9.17, 15) is 9.59 Å². The largest absolute Gasteiger partial charge is 0.382 e. The zero-order valence-corrected chi connectivity index (χ0v) is 19.9. The summed E-state index contributed by atoms with van der Waals surface area (Å²) in [6.07, 6.45) is 5.00. The molecule has 1 unspecified atom stereocenters. The third-order valence-electron chi connectivity index (χ3n) is 7.96. The van der Waals surface area contributed by atoms with Gasteiger partial charge in [-0.15, -0.1) is 0 Å². The maximum absolute atomic E-state index is 13.4. The molecule has 0 radical (unpaired) electrons. The van der Waals surface area contributed by atoms with E-state index < -0.39 is 11.8 Å². The predicted molar refractivity (Wildman–Crippen MR) is 134 cm³/mol. The molecule has 0 saturated carbocycles. The van der Waals surface area contributed by atoms with E-state index >= 15 is 0 Å². The lowest BCUT2D eigenvalue weighted by atomic mass is 9.73. The number of amides is 2. The molecule has 1 aromatic carbocycles. The van der Waals surface area contributed by atoms with Crippen LogP contribution in [0.3, 0.4) is 0 Å². The molecule has 186 valence electrons. The number of rotatable bonds is 3. The zero-order valence-electron chi connectivity index (χ0n) is 19.9. The van der Waals surface area contributed by atoms with Gasteiger partial charge in [0.05, 0.1) is 6.20 Å². The van der Waals surface area contributed by atoms with Crippen molar-refractivity contribution in [2.75, 3.05) is 35.2 Å². The molecule has 0 bridgehead atoms. The molecule has 1 spiro atoms. The lowest BCUT2D eigenvalue weighted by Gasteiger charge is -2.42. The van der Waals surface area contributed by atoms with Crippen molar-refractivity contribution in [1.29, 1.82) is 0 Å². The van der Waals surface area contributed by atoms with Crippen LogP contribution in [0.4, 0.5) is 17.5 Å². The Labute approximate surface area is 208 Å². The molecule has 1 atom stereocenters. The molecule has 3 aromatic rings. The van der Waals surface area contributed by atoms with Crippen LogP contribution < -0.4 is 27.0 Å². The molecular formula is C25H29N9O2. The molecular weight excluding hydrogens is 458 g/mol. The lowest BCUT2D eigenvalue weighted by Crippen LogP contribution is -2.45. The van der Waals surface area contributed by atoms with Gasteiger partial charge in [0.1, 0.15) is 5.82 Å². The molecule has 6 N–H and O–H groups in total. The average Bonchev–Trinajstić information content (AvgIpc) is 3.47. The van der Waals surface area contributed by atoms with Crippen molar-refractivity contribution in [1.82, 2.24) is 19.7 Å². The van der Waals surface area contributed by atoms with Crippen LogP contribution in [0.1, 0.15) is 57.4 Å². The maximum Gasteiger partial charge on any atom is 0.281 e. The number of hydrogen-bond donors (Lipinski definition) is 3. The fraction of sp³-hybridized carbons (Fsp3) is 0.400. The van der Waals surface area contributed by atoms with Crippen LogP contribution in [0.2, 0.25) is 0 Å². The average molecular weight is 488 g/mol. The number of nitrogens with zero attached hydrogens (tertiary/aromatic N) is 6. The summed E-state index contributed by atoms with van der Waals surface area (Å²) in [7, 11) is 0. The lowest BCUT2D eigenvalue weighted by molar-refractivity contribution is 0.0976. The molecule has 6 rings (SSSR count). The Morgan fingerprint density at radius 2 is 1.78 bits per heavy atom. The van der Waals surface area contributed by atoms with Crippen LogP contribution in [0.25, 0.3) is 0 Å². The van der Waals surface area contributed by atoms with E-state index in [2.05, 4.69) is 33.3 Å². The monoisotopic (exact) mass is 487 g/mol. The van der Waals surface area contributed by atoms with E-state index in [0.717, 1.165) is 32.2 Å². The van der Waals surface area contributed by atoms with Crippen LogP contribution >= 0.6 is 0 Å². The first kappa shape index (κ1) is 22.5. The summed E-state index contributed by atoms with van der Waals surface area (Å²) in [4.78, 5) is 38.2. The second kappa shape index (κ2) is 8.30. The molecule has 11 heteroatoms. The Bertz CT molecular complexity index is 1360. The Morgan fingerprint density at radius 3 is 2.53 bits per heavy atom. The van der Waals surface area contributed by atoms with Gasteiger partial charge in [0.15, 0.2) is 23.0 Å². The van der Waals surface area contributed by atoms with Crippen molar-refractivity contribution in [3.63, 3.8) is 0 Å². The number of aryl methyl sites for hydroxylation is 1. The first-order valence-electron chi connectivity index (χ1n) is 12.3. The molecule has 4 heterocycles. The fourth-order valence-electron chi connectivity index (χ4n) is 6.01. The van der Waals surface area contributed by atoms with Gasteiger partial charge < -0.3 is 22.1 Å². The van der Waals surface area contributed by atoms with Crippen molar-refractivity contribution in [3.05, 3.63) is 59.0 Å². The van der Waals surface area contributed by atoms with Gasteiger partial charge in [0, 0.05) is 38.3 Å². The molecule has 2 aliphatic heterocycles. The first-order valence-corrected chi connectivity index (χ1v) is 12.3. The minimum Gasteiger partial charge on any atom is -0.382 e. The second-order valence-electron chi connectivity index (χ2n) is 9.92. The minimum absolute atomic E-state index is 0.0260. The Kier molecular flexibility index (Phi) is 5.18.